The summed E-state index contributed by atoms with van der Waals surface area (Å²) in [5.41, 5.74) is 8.49. The van der Waals surface area contributed by atoms with Gasteiger partial charge in [-0.25, -0.2) is 0 Å². The molecule has 2 aromatic carbocycles. The highest BCUT2D eigenvalue weighted by atomic mass is 16.5. The predicted octanol–water partition coefficient (Wildman–Crippen LogP) is 2.91. The van der Waals surface area contributed by atoms with Gasteiger partial charge in [-0.3, -0.25) is 4.79 Å². The minimum Gasteiger partial charge on any atom is -0.496 e. The molecule has 2 aromatic rings. The molecule has 0 aromatic heterocycles. The van der Waals surface area contributed by atoms with E-state index in [1.54, 1.807) is 12.0 Å². The van der Waals surface area contributed by atoms with E-state index >= 15 is 0 Å². The molecular weight excluding hydrogens is 288 g/mol. The Hall–Kier alpha value is -2.49. The molecule has 0 aliphatic carbocycles. The van der Waals surface area contributed by atoms with Crippen molar-refractivity contribution < 1.29 is 9.53 Å². The van der Waals surface area contributed by atoms with Crippen LogP contribution >= 0.6 is 0 Å². The second-order valence-corrected chi connectivity index (χ2v) is 5.79. The van der Waals surface area contributed by atoms with Crippen molar-refractivity contribution in [2.75, 3.05) is 19.9 Å². The van der Waals surface area contributed by atoms with Gasteiger partial charge in [0, 0.05) is 18.8 Å². The molecule has 0 spiro atoms. The van der Waals surface area contributed by atoms with Crippen molar-refractivity contribution in [2.24, 2.45) is 0 Å². The number of benzene rings is 2. The van der Waals surface area contributed by atoms with Gasteiger partial charge in [0.05, 0.1) is 13.5 Å². The number of rotatable bonds is 6. The molecular formula is C19H24N2O2. The first-order valence-corrected chi connectivity index (χ1v) is 7.73. The number of nitrogen functional groups attached to an aromatic ring is 1. The lowest BCUT2D eigenvalue weighted by atomic mass is 10.0. The number of nitrogens with two attached hydrogens (primary N) is 1. The summed E-state index contributed by atoms with van der Waals surface area (Å²) in [5.74, 6) is 0.939. The molecule has 2 rings (SSSR count). The molecule has 0 aliphatic heterocycles. The van der Waals surface area contributed by atoms with E-state index in [0.29, 0.717) is 12.1 Å². The smallest absolute Gasteiger partial charge is 0.226 e. The summed E-state index contributed by atoms with van der Waals surface area (Å²) in [6.45, 7) is 2.05. The van der Waals surface area contributed by atoms with Gasteiger partial charge in [-0.15, -0.1) is 0 Å². The highest BCUT2D eigenvalue weighted by Crippen LogP contribution is 2.20. The highest BCUT2D eigenvalue weighted by molar-refractivity contribution is 5.79. The van der Waals surface area contributed by atoms with Crippen LogP contribution in [0, 0.1) is 0 Å². The van der Waals surface area contributed by atoms with Crippen LogP contribution in [0.2, 0.25) is 0 Å². The van der Waals surface area contributed by atoms with Crippen molar-refractivity contribution in [3.05, 3.63) is 59.7 Å². The molecule has 0 saturated carbocycles. The van der Waals surface area contributed by atoms with Crippen LogP contribution in [-0.2, 0) is 17.6 Å². The SMILES string of the molecule is COc1ccccc1CC(C)N(C)C(=O)Cc1cccc(N)c1. The van der Waals surface area contributed by atoms with Gasteiger partial charge in [-0.2, -0.15) is 0 Å². The van der Waals surface area contributed by atoms with Crippen LogP contribution in [0.4, 0.5) is 5.69 Å². The Balaban J connectivity index is 2.01. The molecule has 1 atom stereocenters. The summed E-state index contributed by atoms with van der Waals surface area (Å²) >= 11 is 0. The molecule has 1 amide bonds. The van der Waals surface area contributed by atoms with Crippen LogP contribution < -0.4 is 10.5 Å². The largest absolute Gasteiger partial charge is 0.496 e. The molecule has 1 unspecified atom stereocenters. The van der Waals surface area contributed by atoms with Crippen LogP contribution in [0.15, 0.2) is 48.5 Å². The van der Waals surface area contributed by atoms with Gasteiger partial charge in [0.25, 0.3) is 0 Å². The number of hydrogen-bond acceptors (Lipinski definition) is 3. The summed E-state index contributed by atoms with van der Waals surface area (Å²) in [6, 6.07) is 15.4. The molecule has 0 saturated heterocycles. The Bertz CT molecular complexity index is 670. The van der Waals surface area contributed by atoms with E-state index in [9.17, 15) is 4.79 Å². The third kappa shape index (κ3) is 4.49. The maximum absolute atomic E-state index is 12.5. The van der Waals surface area contributed by atoms with E-state index in [-0.39, 0.29) is 11.9 Å². The number of methoxy groups -OCH3 is 1. The lowest BCUT2D eigenvalue weighted by molar-refractivity contribution is -0.130. The van der Waals surface area contributed by atoms with Crippen LogP contribution in [0.25, 0.3) is 0 Å². The minimum absolute atomic E-state index is 0.0815. The number of carbonyl (C=O) groups is 1. The molecule has 4 nitrogen and oxygen atoms in total. The average molecular weight is 312 g/mol. The first-order chi connectivity index (χ1) is 11.0. The topological polar surface area (TPSA) is 55.6 Å². The van der Waals surface area contributed by atoms with E-state index in [2.05, 4.69) is 0 Å². The number of para-hydroxylation sites is 1. The van der Waals surface area contributed by atoms with Gasteiger partial charge >= 0.3 is 0 Å². The Morgan fingerprint density at radius 1 is 1.22 bits per heavy atom. The van der Waals surface area contributed by atoms with E-state index in [4.69, 9.17) is 10.5 Å². The van der Waals surface area contributed by atoms with Crippen LogP contribution in [0.5, 0.6) is 5.75 Å². The molecule has 4 heteroatoms. The molecule has 23 heavy (non-hydrogen) atoms. The summed E-state index contributed by atoms with van der Waals surface area (Å²) in [6.07, 6.45) is 1.11. The Kier molecular flexibility index (Phi) is 5.63. The lowest BCUT2D eigenvalue weighted by Gasteiger charge is -2.26. The maximum atomic E-state index is 12.5. The minimum atomic E-state index is 0.0815. The Morgan fingerprint density at radius 3 is 2.65 bits per heavy atom. The van der Waals surface area contributed by atoms with Crippen LogP contribution in [0.1, 0.15) is 18.1 Å². The zero-order chi connectivity index (χ0) is 16.8. The van der Waals surface area contributed by atoms with E-state index in [1.165, 1.54) is 0 Å². The third-order valence-corrected chi connectivity index (χ3v) is 4.07. The van der Waals surface area contributed by atoms with Gasteiger partial charge < -0.3 is 15.4 Å². The van der Waals surface area contributed by atoms with Gasteiger partial charge in [0.15, 0.2) is 0 Å². The van der Waals surface area contributed by atoms with Crippen molar-refractivity contribution in [3.8, 4) is 5.75 Å². The number of carbonyl (C=O) groups excluding carboxylic acids is 1. The molecule has 2 N–H and O–H groups in total. The van der Waals surface area contributed by atoms with E-state index in [0.717, 1.165) is 23.3 Å². The summed E-state index contributed by atoms with van der Waals surface area (Å²) < 4.78 is 5.38. The Labute approximate surface area is 137 Å². The van der Waals surface area contributed by atoms with Crippen molar-refractivity contribution >= 4 is 11.6 Å². The average Bonchev–Trinajstić information content (AvgIpc) is 2.54. The third-order valence-electron chi connectivity index (χ3n) is 4.07. The number of nitrogens with zero attached hydrogens (tertiary/aromatic N) is 1. The van der Waals surface area contributed by atoms with Crippen LogP contribution in [-0.4, -0.2) is 31.0 Å². The van der Waals surface area contributed by atoms with Crippen molar-refractivity contribution in [1.82, 2.24) is 4.90 Å². The number of likely N-dealkylation sites (N-methyl/N-ethyl adjacent to an activating group) is 1. The van der Waals surface area contributed by atoms with Gasteiger partial charge in [-0.05, 0) is 42.7 Å². The quantitative estimate of drug-likeness (QED) is 0.834. The van der Waals surface area contributed by atoms with E-state index in [1.807, 2.05) is 62.5 Å². The zero-order valence-corrected chi connectivity index (χ0v) is 14.0. The zero-order valence-electron chi connectivity index (χ0n) is 14.0. The number of ether oxygens (including phenoxy) is 1. The van der Waals surface area contributed by atoms with Crippen molar-refractivity contribution in [3.63, 3.8) is 0 Å². The fraction of sp³-hybridized carbons (Fsp3) is 0.316. The fourth-order valence-corrected chi connectivity index (χ4v) is 2.58. The first-order valence-electron chi connectivity index (χ1n) is 7.73. The second kappa shape index (κ2) is 7.68. The standard InChI is InChI=1S/C19H24N2O2/c1-14(11-16-8-4-5-10-18(16)23-3)21(2)19(22)13-15-7-6-9-17(20)12-15/h4-10,12,14H,11,13,20H2,1-3H3. The molecule has 0 radical (unpaired) electrons. The summed E-state index contributed by atoms with van der Waals surface area (Å²) in [4.78, 5) is 14.3. The van der Waals surface area contributed by atoms with Crippen molar-refractivity contribution in [2.45, 2.75) is 25.8 Å². The monoisotopic (exact) mass is 312 g/mol. The number of amides is 1. The van der Waals surface area contributed by atoms with E-state index < -0.39 is 0 Å². The highest BCUT2D eigenvalue weighted by Gasteiger charge is 2.18. The number of hydrogen-bond donors (Lipinski definition) is 1. The fourth-order valence-electron chi connectivity index (χ4n) is 2.58. The first kappa shape index (κ1) is 16.9. The van der Waals surface area contributed by atoms with Gasteiger partial charge in [0.1, 0.15) is 5.75 Å². The maximum Gasteiger partial charge on any atom is 0.226 e. The van der Waals surface area contributed by atoms with Gasteiger partial charge in [-0.1, -0.05) is 30.3 Å². The molecule has 122 valence electrons. The summed E-state index contributed by atoms with van der Waals surface area (Å²) in [7, 11) is 3.51. The lowest BCUT2D eigenvalue weighted by Crippen LogP contribution is -2.37. The molecule has 0 fully saturated rings. The molecule has 0 bridgehead atoms. The predicted molar refractivity (Wildman–Crippen MR) is 93.5 cm³/mol. The second-order valence-electron chi connectivity index (χ2n) is 5.79. The summed E-state index contributed by atoms with van der Waals surface area (Å²) in [5, 5.41) is 0. The number of anilines is 1. The van der Waals surface area contributed by atoms with Crippen LogP contribution in [0.3, 0.4) is 0 Å². The molecule has 0 aliphatic rings. The Morgan fingerprint density at radius 2 is 1.96 bits per heavy atom. The van der Waals surface area contributed by atoms with Crippen molar-refractivity contribution in [1.29, 1.82) is 0 Å². The van der Waals surface area contributed by atoms with Gasteiger partial charge in [0.2, 0.25) is 5.91 Å². The molecule has 0 heterocycles. The normalized spacial score (nSPS) is 11.8.